The van der Waals surface area contributed by atoms with Gasteiger partial charge < -0.3 is 10.6 Å². The Morgan fingerprint density at radius 3 is 2.26 bits per heavy atom. The van der Waals surface area contributed by atoms with Crippen LogP contribution in [0.5, 0.6) is 0 Å². The smallest absolute Gasteiger partial charge is 0.319 e. The van der Waals surface area contributed by atoms with E-state index in [1.165, 1.54) is 0 Å². The van der Waals surface area contributed by atoms with Crippen molar-refractivity contribution in [2.24, 2.45) is 0 Å². The number of halogens is 2. The lowest BCUT2D eigenvalue weighted by Gasteiger charge is -2.09. The van der Waals surface area contributed by atoms with Crippen LogP contribution in [0.1, 0.15) is 5.56 Å². The maximum atomic E-state index is 11.7. The van der Waals surface area contributed by atoms with Gasteiger partial charge in [-0.05, 0) is 23.8 Å². The minimum Gasteiger partial charge on any atom is -0.334 e. The van der Waals surface area contributed by atoms with Gasteiger partial charge in [0.25, 0.3) is 0 Å². The predicted molar refractivity (Wildman–Crippen MR) is 78.8 cm³/mol. The number of anilines is 1. The number of hydrogen-bond acceptors (Lipinski definition) is 1. The van der Waals surface area contributed by atoms with Gasteiger partial charge in [-0.25, -0.2) is 4.79 Å². The van der Waals surface area contributed by atoms with Gasteiger partial charge in [0.05, 0.1) is 10.7 Å². The molecule has 0 radical (unpaired) electrons. The van der Waals surface area contributed by atoms with Crippen molar-refractivity contribution in [1.82, 2.24) is 5.32 Å². The fraction of sp³-hybridized carbons (Fsp3) is 0.0714. The first-order valence-corrected chi connectivity index (χ1v) is 6.45. The summed E-state index contributed by atoms with van der Waals surface area (Å²) < 4.78 is 0. The summed E-state index contributed by atoms with van der Waals surface area (Å²) in [6.07, 6.45) is 0. The first-order chi connectivity index (χ1) is 9.16. The molecule has 0 saturated carbocycles. The molecule has 0 spiro atoms. The van der Waals surface area contributed by atoms with Crippen LogP contribution in [0.4, 0.5) is 10.5 Å². The van der Waals surface area contributed by atoms with Crippen LogP contribution >= 0.6 is 23.2 Å². The van der Waals surface area contributed by atoms with Gasteiger partial charge in [0.2, 0.25) is 0 Å². The Kier molecular flexibility index (Phi) is 4.66. The third-order valence-electron chi connectivity index (χ3n) is 2.52. The third-order valence-corrected chi connectivity index (χ3v) is 3.22. The standard InChI is InChI=1S/C14H12Cl2N2O/c15-11-6-2-1-5-10(11)9-17-14(19)18-13-8-4-3-7-12(13)16/h1-8H,9H2,(H2,17,18,19). The fourth-order valence-electron chi connectivity index (χ4n) is 1.55. The molecule has 0 saturated heterocycles. The topological polar surface area (TPSA) is 41.1 Å². The highest BCUT2D eigenvalue weighted by atomic mass is 35.5. The van der Waals surface area contributed by atoms with Crippen LogP contribution in [0.15, 0.2) is 48.5 Å². The number of urea groups is 1. The average molecular weight is 295 g/mol. The molecule has 98 valence electrons. The number of rotatable bonds is 3. The monoisotopic (exact) mass is 294 g/mol. The molecule has 0 unspecified atom stereocenters. The molecule has 0 aliphatic rings. The molecule has 2 aromatic carbocycles. The second-order valence-electron chi connectivity index (χ2n) is 3.88. The van der Waals surface area contributed by atoms with E-state index in [0.29, 0.717) is 22.3 Å². The van der Waals surface area contributed by atoms with Crippen LogP contribution in [-0.4, -0.2) is 6.03 Å². The molecule has 2 N–H and O–H groups in total. The largest absolute Gasteiger partial charge is 0.334 e. The Labute approximate surface area is 121 Å². The van der Waals surface area contributed by atoms with Crippen LogP contribution in [-0.2, 0) is 6.54 Å². The Morgan fingerprint density at radius 1 is 0.947 bits per heavy atom. The molecule has 0 atom stereocenters. The van der Waals surface area contributed by atoms with Gasteiger partial charge in [-0.1, -0.05) is 53.5 Å². The second-order valence-corrected chi connectivity index (χ2v) is 4.69. The van der Waals surface area contributed by atoms with Crippen LogP contribution < -0.4 is 10.6 Å². The Hall–Kier alpha value is -1.71. The van der Waals surface area contributed by atoms with Gasteiger partial charge in [-0.2, -0.15) is 0 Å². The van der Waals surface area contributed by atoms with Crippen LogP contribution in [0.3, 0.4) is 0 Å². The highest BCUT2D eigenvalue weighted by molar-refractivity contribution is 6.33. The van der Waals surface area contributed by atoms with Crippen molar-refractivity contribution in [3.63, 3.8) is 0 Å². The van der Waals surface area contributed by atoms with Crippen molar-refractivity contribution in [2.45, 2.75) is 6.54 Å². The number of para-hydroxylation sites is 1. The van der Waals surface area contributed by atoms with E-state index in [4.69, 9.17) is 23.2 Å². The lowest BCUT2D eigenvalue weighted by molar-refractivity contribution is 0.252. The van der Waals surface area contributed by atoms with E-state index in [0.717, 1.165) is 5.56 Å². The van der Waals surface area contributed by atoms with Crippen molar-refractivity contribution in [2.75, 3.05) is 5.32 Å². The lowest BCUT2D eigenvalue weighted by atomic mass is 10.2. The molecule has 0 bridgehead atoms. The van der Waals surface area contributed by atoms with Gasteiger partial charge in [0.1, 0.15) is 0 Å². The first kappa shape index (κ1) is 13.7. The summed E-state index contributed by atoms with van der Waals surface area (Å²) in [5.41, 5.74) is 1.43. The number of carbonyl (C=O) groups excluding carboxylic acids is 1. The van der Waals surface area contributed by atoms with Crippen LogP contribution in [0, 0.1) is 0 Å². The molecule has 0 fully saturated rings. The number of carbonyl (C=O) groups is 1. The maximum absolute atomic E-state index is 11.7. The molecular formula is C14H12Cl2N2O. The summed E-state index contributed by atoms with van der Waals surface area (Å²) in [4.78, 5) is 11.7. The van der Waals surface area contributed by atoms with Crippen LogP contribution in [0.25, 0.3) is 0 Å². The molecule has 19 heavy (non-hydrogen) atoms. The van der Waals surface area contributed by atoms with Gasteiger partial charge >= 0.3 is 6.03 Å². The highest BCUT2D eigenvalue weighted by Gasteiger charge is 2.05. The Morgan fingerprint density at radius 2 is 1.58 bits per heavy atom. The van der Waals surface area contributed by atoms with Gasteiger partial charge in [-0.3, -0.25) is 0 Å². The normalized spacial score (nSPS) is 10.0. The van der Waals surface area contributed by atoms with E-state index >= 15 is 0 Å². The van der Waals surface area contributed by atoms with Crippen LogP contribution in [0.2, 0.25) is 10.0 Å². The summed E-state index contributed by atoms with van der Waals surface area (Å²) in [5.74, 6) is 0. The van der Waals surface area contributed by atoms with E-state index in [-0.39, 0.29) is 6.03 Å². The molecule has 2 aromatic rings. The second kappa shape index (κ2) is 6.45. The van der Waals surface area contributed by atoms with E-state index in [9.17, 15) is 4.79 Å². The summed E-state index contributed by atoms with van der Waals surface area (Å²) in [7, 11) is 0. The molecule has 2 amide bonds. The molecule has 0 aliphatic heterocycles. The van der Waals surface area contributed by atoms with Crippen molar-refractivity contribution in [3.05, 3.63) is 64.1 Å². The SMILES string of the molecule is O=C(NCc1ccccc1Cl)Nc1ccccc1Cl. The van der Waals surface area contributed by atoms with Gasteiger partial charge in [0, 0.05) is 11.6 Å². The van der Waals surface area contributed by atoms with E-state index < -0.39 is 0 Å². The van der Waals surface area contributed by atoms with Crippen molar-refractivity contribution in [1.29, 1.82) is 0 Å². The molecule has 0 aromatic heterocycles. The zero-order valence-corrected chi connectivity index (χ0v) is 11.5. The summed E-state index contributed by atoms with van der Waals surface area (Å²) in [6.45, 7) is 0.357. The Balaban J connectivity index is 1.92. The van der Waals surface area contributed by atoms with E-state index in [2.05, 4.69) is 10.6 Å². The quantitative estimate of drug-likeness (QED) is 0.870. The molecule has 5 heteroatoms. The summed E-state index contributed by atoms with van der Waals surface area (Å²) in [6, 6.07) is 14.1. The zero-order chi connectivity index (χ0) is 13.7. The van der Waals surface area contributed by atoms with Crippen molar-refractivity contribution in [3.8, 4) is 0 Å². The number of amides is 2. The predicted octanol–water partition coefficient (Wildman–Crippen LogP) is 4.32. The minimum atomic E-state index is -0.326. The summed E-state index contributed by atoms with van der Waals surface area (Å²) >= 11 is 11.9. The number of hydrogen-bond donors (Lipinski definition) is 2. The van der Waals surface area contributed by atoms with Gasteiger partial charge in [0.15, 0.2) is 0 Å². The minimum absolute atomic E-state index is 0.326. The molecule has 2 rings (SSSR count). The fourth-order valence-corrected chi connectivity index (χ4v) is 1.93. The summed E-state index contributed by atoms with van der Waals surface area (Å²) in [5, 5.41) is 6.52. The third kappa shape index (κ3) is 3.88. The molecule has 0 heterocycles. The van der Waals surface area contributed by atoms with Crippen molar-refractivity contribution < 1.29 is 4.79 Å². The van der Waals surface area contributed by atoms with E-state index in [1.54, 1.807) is 30.3 Å². The lowest BCUT2D eigenvalue weighted by Crippen LogP contribution is -2.28. The molecular weight excluding hydrogens is 283 g/mol. The number of benzene rings is 2. The molecule has 3 nitrogen and oxygen atoms in total. The Bertz CT molecular complexity index is 587. The van der Waals surface area contributed by atoms with E-state index in [1.807, 2.05) is 18.2 Å². The van der Waals surface area contributed by atoms with Crippen molar-refractivity contribution >= 4 is 34.9 Å². The first-order valence-electron chi connectivity index (χ1n) is 5.69. The zero-order valence-electron chi connectivity index (χ0n) is 9.99. The average Bonchev–Trinajstić information content (AvgIpc) is 2.40. The van der Waals surface area contributed by atoms with Gasteiger partial charge in [-0.15, -0.1) is 0 Å². The molecule has 0 aliphatic carbocycles. The highest BCUT2D eigenvalue weighted by Crippen LogP contribution is 2.20. The maximum Gasteiger partial charge on any atom is 0.319 e. The number of nitrogens with one attached hydrogen (secondary N) is 2.